The van der Waals surface area contributed by atoms with Crippen molar-refractivity contribution in [2.75, 3.05) is 0 Å². The lowest BCUT2D eigenvalue weighted by Gasteiger charge is -2.32. The van der Waals surface area contributed by atoms with Gasteiger partial charge in [-0.15, -0.1) is 0 Å². The quantitative estimate of drug-likeness (QED) is 0.729. The number of hydrogen-bond acceptors (Lipinski definition) is 3. The third kappa shape index (κ3) is 1.87. The van der Waals surface area contributed by atoms with Crippen molar-refractivity contribution < 1.29 is 9.31 Å². The summed E-state index contributed by atoms with van der Waals surface area (Å²) in [5, 5.41) is 0. The normalized spacial score (nSPS) is 24.4. The number of para-hydroxylation sites is 1. The third-order valence-electron chi connectivity index (χ3n) is 5.12. The summed E-state index contributed by atoms with van der Waals surface area (Å²) in [7, 11) is -0.340. The molecule has 1 fully saturated rings. The van der Waals surface area contributed by atoms with Gasteiger partial charge in [0.1, 0.15) is 0 Å². The molecule has 0 spiro atoms. The summed E-state index contributed by atoms with van der Waals surface area (Å²) in [4.78, 5) is 4.76. The first-order chi connectivity index (χ1) is 10.4. The number of aliphatic imine (C=N–C) groups is 1. The Labute approximate surface area is 131 Å². The second-order valence-electron chi connectivity index (χ2n) is 7.10. The van der Waals surface area contributed by atoms with Gasteiger partial charge in [-0.3, -0.25) is 4.99 Å². The Hall–Kier alpha value is -1.65. The van der Waals surface area contributed by atoms with E-state index in [1.807, 2.05) is 6.07 Å². The maximum absolute atomic E-state index is 6.24. The molecule has 1 saturated heterocycles. The number of hydrogen-bond donors (Lipinski definition) is 0. The van der Waals surface area contributed by atoms with Gasteiger partial charge in [0.15, 0.2) is 0 Å². The van der Waals surface area contributed by atoms with Crippen molar-refractivity contribution in [3.8, 4) is 0 Å². The highest BCUT2D eigenvalue weighted by atomic mass is 16.7. The van der Waals surface area contributed by atoms with Crippen LogP contribution >= 0.6 is 0 Å². The van der Waals surface area contributed by atoms with Gasteiger partial charge in [0.25, 0.3) is 0 Å². The molecule has 22 heavy (non-hydrogen) atoms. The fourth-order valence-electron chi connectivity index (χ4n) is 3.16. The zero-order chi connectivity index (χ0) is 15.5. The molecule has 4 rings (SSSR count). The van der Waals surface area contributed by atoms with Gasteiger partial charge in [0, 0.05) is 17.6 Å². The van der Waals surface area contributed by atoms with Gasteiger partial charge in [-0.25, -0.2) is 0 Å². The van der Waals surface area contributed by atoms with Crippen LogP contribution in [0, 0.1) is 0 Å². The molecule has 1 aliphatic carbocycles. The average Bonchev–Trinajstić information content (AvgIpc) is 2.93. The fraction of sp³-hybridized carbons (Fsp3) is 0.389. The molecule has 1 aromatic rings. The highest BCUT2D eigenvalue weighted by molar-refractivity contribution is 6.60. The first-order valence-electron chi connectivity index (χ1n) is 7.83. The van der Waals surface area contributed by atoms with Crippen molar-refractivity contribution in [2.45, 2.75) is 45.3 Å². The lowest BCUT2D eigenvalue weighted by molar-refractivity contribution is 0.00578. The molecule has 112 valence electrons. The van der Waals surface area contributed by atoms with E-state index in [2.05, 4.69) is 58.0 Å². The Balaban J connectivity index is 1.83. The predicted octanol–water partition coefficient (Wildman–Crippen LogP) is 4.12. The molecule has 0 bridgehead atoms. The highest BCUT2D eigenvalue weighted by Gasteiger charge is 2.53. The van der Waals surface area contributed by atoms with Crippen LogP contribution in [0.3, 0.4) is 0 Å². The van der Waals surface area contributed by atoms with Crippen molar-refractivity contribution in [2.24, 2.45) is 4.99 Å². The summed E-state index contributed by atoms with van der Waals surface area (Å²) >= 11 is 0. The topological polar surface area (TPSA) is 30.8 Å². The lowest BCUT2D eigenvalue weighted by Crippen LogP contribution is -2.41. The van der Waals surface area contributed by atoms with E-state index in [9.17, 15) is 0 Å². The van der Waals surface area contributed by atoms with E-state index >= 15 is 0 Å². The monoisotopic (exact) mass is 293 g/mol. The molecule has 0 saturated carbocycles. The van der Waals surface area contributed by atoms with Crippen molar-refractivity contribution >= 4 is 24.1 Å². The largest absolute Gasteiger partial charge is 0.495 e. The number of allylic oxidation sites excluding steroid dienone is 4. The van der Waals surface area contributed by atoms with Crippen molar-refractivity contribution in [1.82, 2.24) is 0 Å². The second-order valence-corrected chi connectivity index (χ2v) is 7.10. The number of rotatable bonds is 1. The molecular weight excluding hydrogens is 273 g/mol. The molecule has 0 radical (unpaired) electrons. The van der Waals surface area contributed by atoms with Crippen LogP contribution in [0.2, 0.25) is 0 Å². The molecule has 3 aliphatic rings. The third-order valence-corrected chi connectivity index (χ3v) is 5.12. The maximum atomic E-state index is 6.24. The SMILES string of the molecule is CC1(C)OB(C2=C3C(=Nc4ccccc43)CC=C2)OC1(C)C. The highest BCUT2D eigenvalue weighted by Crippen LogP contribution is 2.44. The van der Waals surface area contributed by atoms with Crippen LogP contribution in [-0.4, -0.2) is 24.0 Å². The van der Waals surface area contributed by atoms with Gasteiger partial charge in [0.05, 0.1) is 22.6 Å². The molecule has 0 atom stereocenters. The predicted molar refractivity (Wildman–Crippen MR) is 90.3 cm³/mol. The first kappa shape index (κ1) is 14.0. The smallest absolute Gasteiger partial charge is 0.399 e. The van der Waals surface area contributed by atoms with E-state index in [0.29, 0.717) is 0 Å². The summed E-state index contributed by atoms with van der Waals surface area (Å²) in [6.07, 6.45) is 5.15. The van der Waals surface area contributed by atoms with Crippen molar-refractivity contribution in [1.29, 1.82) is 0 Å². The zero-order valence-corrected chi connectivity index (χ0v) is 13.5. The van der Waals surface area contributed by atoms with E-state index < -0.39 is 0 Å². The van der Waals surface area contributed by atoms with E-state index in [0.717, 1.165) is 23.3 Å². The van der Waals surface area contributed by atoms with Gasteiger partial charge in [-0.2, -0.15) is 0 Å². The average molecular weight is 293 g/mol. The van der Waals surface area contributed by atoms with Crippen LogP contribution in [0.1, 0.15) is 39.7 Å². The molecule has 0 unspecified atom stereocenters. The van der Waals surface area contributed by atoms with Crippen LogP contribution in [0.5, 0.6) is 0 Å². The summed E-state index contributed by atoms with van der Waals surface area (Å²) in [6, 6.07) is 8.29. The van der Waals surface area contributed by atoms with Crippen LogP contribution in [-0.2, 0) is 9.31 Å². The maximum Gasteiger partial charge on any atom is 0.495 e. The minimum atomic E-state index is -0.340. The van der Waals surface area contributed by atoms with Crippen LogP contribution in [0.4, 0.5) is 5.69 Å². The van der Waals surface area contributed by atoms with Gasteiger partial charge in [0.2, 0.25) is 0 Å². The summed E-state index contributed by atoms with van der Waals surface area (Å²) < 4.78 is 12.5. The van der Waals surface area contributed by atoms with Crippen molar-refractivity contribution in [3.05, 3.63) is 47.5 Å². The number of benzene rings is 1. The summed E-state index contributed by atoms with van der Waals surface area (Å²) in [5.74, 6) is 0. The van der Waals surface area contributed by atoms with E-state index in [1.165, 1.54) is 11.1 Å². The molecule has 3 nitrogen and oxygen atoms in total. The van der Waals surface area contributed by atoms with E-state index in [4.69, 9.17) is 14.3 Å². The molecule has 1 aromatic carbocycles. The number of nitrogens with zero attached hydrogens (tertiary/aromatic N) is 1. The van der Waals surface area contributed by atoms with Crippen LogP contribution < -0.4 is 0 Å². The summed E-state index contributed by atoms with van der Waals surface area (Å²) in [5.41, 5.74) is 4.98. The number of fused-ring (bicyclic) bond motifs is 3. The fourth-order valence-corrected chi connectivity index (χ4v) is 3.16. The van der Waals surface area contributed by atoms with Gasteiger partial charge < -0.3 is 9.31 Å². The van der Waals surface area contributed by atoms with Gasteiger partial charge >= 0.3 is 7.12 Å². The summed E-state index contributed by atoms with van der Waals surface area (Å²) in [6.45, 7) is 8.34. The van der Waals surface area contributed by atoms with Gasteiger partial charge in [-0.1, -0.05) is 30.4 Å². The van der Waals surface area contributed by atoms with E-state index in [1.54, 1.807) is 0 Å². The zero-order valence-electron chi connectivity index (χ0n) is 13.5. The Bertz CT molecular complexity index is 727. The molecule has 2 heterocycles. The molecule has 0 N–H and O–H groups in total. The van der Waals surface area contributed by atoms with Crippen LogP contribution in [0.25, 0.3) is 5.57 Å². The lowest BCUT2D eigenvalue weighted by atomic mass is 9.71. The molecule has 2 aliphatic heterocycles. The molecular formula is C18H20BNO2. The molecule has 0 aromatic heterocycles. The van der Waals surface area contributed by atoms with Gasteiger partial charge in [-0.05, 0) is 39.2 Å². The Morgan fingerprint density at radius 2 is 1.73 bits per heavy atom. The van der Waals surface area contributed by atoms with E-state index in [-0.39, 0.29) is 18.3 Å². The Morgan fingerprint density at radius 3 is 2.45 bits per heavy atom. The molecule has 0 amide bonds. The standard InChI is InChI=1S/C18H20BNO2/c1-17(2)18(3,4)22-19(21-17)13-9-7-11-15-16(13)12-8-5-6-10-14(12)20-15/h5-10H,11H2,1-4H3. The van der Waals surface area contributed by atoms with Crippen molar-refractivity contribution in [3.63, 3.8) is 0 Å². The minimum absolute atomic E-state index is 0.327. The molecule has 4 heteroatoms. The Morgan fingerprint density at radius 1 is 1.05 bits per heavy atom. The Kier molecular flexibility index (Phi) is 2.82. The second kappa shape index (κ2) is 4.43. The van der Waals surface area contributed by atoms with Crippen LogP contribution in [0.15, 0.2) is 46.9 Å². The minimum Gasteiger partial charge on any atom is -0.399 e. The first-order valence-corrected chi connectivity index (χ1v) is 7.83.